The molecule has 0 fully saturated rings. The second-order valence-electron chi connectivity index (χ2n) is 14.9. The summed E-state index contributed by atoms with van der Waals surface area (Å²) in [6.07, 6.45) is 9.02. The van der Waals surface area contributed by atoms with Gasteiger partial charge in [0.05, 0.1) is 17.1 Å². The van der Waals surface area contributed by atoms with E-state index in [2.05, 4.69) is 239 Å². The minimum Gasteiger partial charge on any atom is -0.333 e. The Morgan fingerprint density at radius 3 is 1.77 bits per heavy atom. The molecule has 0 saturated heterocycles. The molecule has 57 heavy (non-hydrogen) atoms. The molecular formula is C54H39N3. The number of allylic oxidation sites excluding steroid dienone is 2. The Morgan fingerprint density at radius 1 is 0.404 bits per heavy atom. The number of fused-ring (bicyclic) bond motifs is 6. The summed E-state index contributed by atoms with van der Waals surface area (Å²) in [7, 11) is 0. The van der Waals surface area contributed by atoms with Crippen molar-refractivity contribution < 1.29 is 0 Å². The molecule has 8 aromatic carbocycles. The van der Waals surface area contributed by atoms with E-state index in [1.807, 2.05) is 0 Å². The topological polar surface area (TPSA) is 11.4 Å². The molecule has 9 aromatic rings. The first kappa shape index (κ1) is 33.0. The first-order valence-electron chi connectivity index (χ1n) is 19.8. The van der Waals surface area contributed by atoms with Gasteiger partial charge in [-0.15, -0.1) is 0 Å². The zero-order valence-corrected chi connectivity index (χ0v) is 31.4. The summed E-state index contributed by atoms with van der Waals surface area (Å²) < 4.78 is 2.37. The van der Waals surface area contributed by atoms with Gasteiger partial charge in [0.1, 0.15) is 0 Å². The van der Waals surface area contributed by atoms with E-state index in [1.54, 1.807) is 0 Å². The lowest BCUT2D eigenvalue weighted by Gasteiger charge is -2.30. The van der Waals surface area contributed by atoms with Crippen molar-refractivity contribution in [3.8, 4) is 27.9 Å². The molecule has 270 valence electrons. The third-order valence-corrected chi connectivity index (χ3v) is 11.7. The van der Waals surface area contributed by atoms with Crippen LogP contribution in [0.4, 0.5) is 28.4 Å². The first-order chi connectivity index (χ1) is 28.3. The summed E-state index contributed by atoms with van der Waals surface area (Å²) in [4.78, 5) is 4.84. The number of anilines is 5. The second kappa shape index (κ2) is 13.7. The van der Waals surface area contributed by atoms with E-state index >= 15 is 0 Å². The number of para-hydroxylation sites is 4. The van der Waals surface area contributed by atoms with E-state index in [0.717, 1.165) is 17.1 Å². The van der Waals surface area contributed by atoms with Gasteiger partial charge in [-0.25, -0.2) is 0 Å². The minimum absolute atomic E-state index is 0.274. The molecule has 3 nitrogen and oxygen atoms in total. The van der Waals surface area contributed by atoms with Gasteiger partial charge in [-0.1, -0.05) is 140 Å². The van der Waals surface area contributed by atoms with Crippen LogP contribution in [0, 0.1) is 0 Å². The van der Waals surface area contributed by atoms with Crippen LogP contribution < -0.4 is 9.80 Å². The molecule has 11 rings (SSSR count). The van der Waals surface area contributed by atoms with Gasteiger partial charge in [-0.05, 0) is 113 Å². The van der Waals surface area contributed by atoms with Crippen LogP contribution in [0.3, 0.4) is 0 Å². The molecule has 2 unspecified atom stereocenters. The molecule has 2 atom stereocenters. The van der Waals surface area contributed by atoms with Gasteiger partial charge in [0.2, 0.25) is 0 Å². The van der Waals surface area contributed by atoms with Gasteiger partial charge in [-0.3, -0.25) is 0 Å². The van der Waals surface area contributed by atoms with Crippen molar-refractivity contribution in [2.75, 3.05) is 9.80 Å². The highest BCUT2D eigenvalue weighted by Gasteiger charge is 2.37. The number of benzene rings is 8. The Morgan fingerprint density at radius 2 is 0.982 bits per heavy atom. The average molecular weight is 730 g/mol. The predicted molar refractivity (Wildman–Crippen MR) is 240 cm³/mol. The van der Waals surface area contributed by atoms with Crippen LogP contribution in [0.25, 0.3) is 49.7 Å². The summed E-state index contributed by atoms with van der Waals surface area (Å²) in [6, 6.07) is 73.0. The Hall–Kier alpha value is -7.36. The van der Waals surface area contributed by atoms with Gasteiger partial charge in [-0.2, -0.15) is 0 Å². The van der Waals surface area contributed by atoms with E-state index < -0.39 is 0 Å². The van der Waals surface area contributed by atoms with E-state index in [1.165, 1.54) is 66.7 Å². The summed E-state index contributed by atoms with van der Waals surface area (Å²) in [5.41, 5.74) is 15.6. The van der Waals surface area contributed by atoms with Crippen molar-refractivity contribution in [1.82, 2.24) is 4.57 Å². The molecular weight excluding hydrogens is 691 g/mol. The lowest BCUT2D eigenvalue weighted by molar-refractivity contribution is 0.745. The summed E-state index contributed by atoms with van der Waals surface area (Å²) >= 11 is 0. The lowest BCUT2D eigenvalue weighted by Crippen LogP contribution is -2.28. The maximum atomic E-state index is 2.49. The first-order valence-corrected chi connectivity index (χ1v) is 19.8. The van der Waals surface area contributed by atoms with Gasteiger partial charge < -0.3 is 14.4 Å². The summed E-state index contributed by atoms with van der Waals surface area (Å²) in [5.74, 6) is 0.361. The van der Waals surface area contributed by atoms with Crippen molar-refractivity contribution in [2.45, 2.75) is 12.0 Å². The number of rotatable bonds is 7. The Balaban J connectivity index is 0.949. The molecule has 1 aromatic heterocycles. The van der Waals surface area contributed by atoms with Crippen LogP contribution >= 0.6 is 0 Å². The quantitative estimate of drug-likeness (QED) is 0.162. The maximum Gasteiger partial charge on any atom is 0.0629 e. The highest BCUT2D eigenvalue weighted by molar-refractivity contribution is 6.10. The van der Waals surface area contributed by atoms with Crippen molar-refractivity contribution >= 4 is 50.2 Å². The number of hydrogen-bond acceptors (Lipinski definition) is 2. The molecule has 1 aliphatic heterocycles. The third-order valence-electron chi connectivity index (χ3n) is 11.7. The standard InChI is InChI=1S/C54H39N3/c1-3-15-40(16-4-1)55(43-32-34-44(35-33-43)57-51-24-12-9-21-47(51)48-22-10-13-25-52(48)57)42-30-27-38(28-31-42)45-19-7-8-20-46(45)39-29-36-54-50(37-39)49-23-11-14-26-53(49)56(54)41-17-5-2-6-18-41/h1-37,47,51H. The van der Waals surface area contributed by atoms with E-state index in [9.17, 15) is 0 Å². The third kappa shape index (κ3) is 5.58. The zero-order chi connectivity index (χ0) is 37.7. The van der Waals surface area contributed by atoms with E-state index in [-0.39, 0.29) is 6.04 Å². The molecule has 0 saturated carbocycles. The lowest BCUT2D eigenvalue weighted by atomic mass is 9.91. The van der Waals surface area contributed by atoms with Crippen molar-refractivity contribution in [2.24, 2.45) is 0 Å². The minimum atomic E-state index is 0.274. The molecule has 1 aliphatic carbocycles. The molecule has 0 spiro atoms. The maximum absolute atomic E-state index is 2.49. The number of aromatic nitrogens is 1. The van der Waals surface area contributed by atoms with Crippen LogP contribution in [0.15, 0.2) is 224 Å². The van der Waals surface area contributed by atoms with E-state index in [0.29, 0.717) is 5.92 Å². The summed E-state index contributed by atoms with van der Waals surface area (Å²) in [5, 5.41) is 2.51. The monoisotopic (exact) mass is 729 g/mol. The van der Waals surface area contributed by atoms with Crippen LogP contribution in [0.5, 0.6) is 0 Å². The Kier molecular flexibility index (Phi) is 7.96. The van der Waals surface area contributed by atoms with Crippen LogP contribution in [-0.4, -0.2) is 10.6 Å². The van der Waals surface area contributed by atoms with Crippen molar-refractivity contribution in [3.63, 3.8) is 0 Å². The predicted octanol–water partition coefficient (Wildman–Crippen LogP) is 14.3. The molecule has 3 heteroatoms. The van der Waals surface area contributed by atoms with Gasteiger partial charge in [0, 0.05) is 50.8 Å². The highest BCUT2D eigenvalue weighted by atomic mass is 15.2. The normalized spacial score (nSPS) is 15.5. The SMILES string of the molecule is C1=CC2c3ccccc3N(c3ccc(N(c4ccccc4)c4ccc(-c5ccccc5-c5ccc6c(c5)c5ccccc5n6-c5ccccc5)cc4)cc3)C2C=C1. The van der Waals surface area contributed by atoms with Crippen LogP contribution in [-0.2, 0) is 0 Å². The molecule has 2 aliphatic rings. The van der Waals surface area contributed by atoms with Gasteiger partial charge >= 0.3 is 0 Å². The van der Waals surface area contributed by atoms with E-state index in [4.69, 9.17) is 0 Å². The fourth-order valence-corrected chi connectivity index (χ4v) is 9.15. The molecule has 2 heterocycles. The fraction of sp³-hybridized carbons (Fsp3) is 0.0370. The van der Waals surface area contributed by atoms with Gasteiger partial charge in [0.25, 0.3) is 0 Å². The summed E-state index contributed by atoms with van der Waals surface area (Å²) in [6.45, 7) is 0. The van der Waals surface area contributed by atoms with Crippen molar-refractivity contribution in [3.05, 3.63) is 230 Å². The second-order valence-corrected chi connectivity index (χ2v) is 14.9. The van der Waals surface area contributed by atoms with Crippen LogP contribution in [0.2, 0.25) is 0 Å². The number of hydrogen-bond donors (Lipinski definition) is 0. The fourth-order valence-electron chi connectivity index (χ4n) is 9.15. The molecule has 0 bridgehead atoms. The van der Waals surface area contributed by atoms with Gasteiger partial charge in [0.15, 0.2) is 0 Å². The molecule has 0 amide bonds. The molecule has 0 N–H and O–H groups in total. The highest BCUT2D eigenvalue weighted by Crippen LogP contribution is 2.48. The molecule has 0 radical (unpaired) electrons. The zero-order valence-electron chi connectivity index (χ0n) is 31.4. The smallest absolute Gasteiger partial charge is 0.0629 e. The number of nitrogens with zero attached hydrogens (tertiary/aromatic N) is 3. The largest absolute Gasteiger partial charge is 0.333 e. The van der Waals surface area contributed by atoms with Crippen molar-refractivity contribution in [1.29, 1.82) is 0 Å². The van der Waals surface area contributed by atoms with Crippen LogP contribution in [0.1, 0.15) is 11.5 Å². The average Bonchev–Trinajstić information content (AvgIpc) is 3.80. The Bertz CT molecular complexity index is 2960. The Labute approximate surface area is 333 Å².